The highest BCUT2D eigenvalue weighted by atomic mass is 16.5. The van der Waals surface area contributed by atoms with Crippen molar-refractivity contribution >= 4 is 23.3 Å². The summed E-state index contributed by atoms with van der Waals surface area (Å²) in [5, 5.41) is 2.95. The monoisotopic (exact) mass is 368 g/mol. The molecule has 1 aliphatic heterocycles. The van der Waals surface area contributed by atoms with Gasteiger partial charge in [-0.15, -0.1) is 0 Å². The molecule has 0 bridgehead atoms. The second-order valence-electron chi connectivity index (χ2n) is 6.50. The van der Waals surface area contributed by atoms with Crippen LogP contribution in [0.25, 0.3) is 0 Å². The summed E-state index contributed by atoms with van der Waals surface area (Å²) in [7, 11) is 2.98. The average molecular weight is 368 g/mol. The summed E-state index contributed by atoms with van der Waals surface area (Å²) in [6.45, 7) is 2.38. The number of nitrogens with zero attached hydrogens (tertiary/aromatic N) is 1. The van der Waals surface area contributed by atoms with Crippen LogP contribution in [0.5, 0.6) is 0 Å². The van der Waals surface area contributed by atoms with E-state index in [1.807, 2.05) is 18.2 Å². The summed E-state index contributed by atoms with van der Waals surface area (Å²) >= 11 is 0. The van der Waals surface area contributed by atoms with Gasteiger partial charge < -0.3 is 19.7 Å². The molecule has 1 N–H and O–H groups in total. The summed E-state index contributed by atoms with van der Waals surface area (Å²) < 4.78 is 9.90. The van der Waals surface area contributed by atoms with Crippen molar-refractivity contribution in [2.24, 2.45) is 0 Å². The van der Waals surface area contributed by atoms with Crippen LogP contribution in [-0.4, -0.2) is 39.2 Å². The average Bonchev–Trinajstić information content (AvgIpc) is 3.22. The lowest BCUT2D eigenvalue weighted by atomic mass is 10.1. The third kappa shape index (κ3) is 4.46. The van der Waals surface area contributed by atoms with Crippen molar-refractivity contribution in [3.05, 3.63) is 59.2 Å². The predicted molar refractivity (Wildman–Crippen MR) is 104 cm³/mol. The number of rotatable bonds is 6. The number of anilines is 2. The van der Waals surface area contributed by atoms with E-state index in [0.717, 1.165) is 37.2 Å². The van der Waals surface area contributed by atoms with Crippen LogP contribution in [-0.2, 0) is 16.1 Å². The fourth-order valence-electron chi connectivity index (χ4n) is 3.23. The van der Waals surface area contributed by atoms with Crippen LogP contribution in [0.1, 0.15) is 39.1 Å². The smallest absolute Gasteiger partial charge is 0.337 e. The van der Waals surface area contributed by atoms with Gasteiger partial charge in [-0.1, -0.05) is 12.1 Å². The largest absolute Gasteiger partial charge is 0.465 e. The molecule has 0 aromatic heterocycles. The maximum absolute atomic E-state index is 12.7. The Kier molecular flexibility index (Phi) is 6.08. The molecule has 142 valence electrons. The van der Waals surface area contributed by atoms with Crippen molar-refractivity contribution in [3.8, 4) is 0 Å². The van der Waals surface area contributed by atoms with E-state index >= 15 is 0 Å². The zero-order valence-corrected chi connectivity index (χ0v) is 15.7. The van der Waals surface area contributed by atoms with E-state index in [4.69, 9.17) is 9.47 Å². The van der Waals surface area contributed by atoms with E-state index < -0.39 is 5.97 Å². The highest BCUT2D eigenvalue weighted by molar-refractivity contribution is 6.06. The van der Waals surface area contributed by atoms with Gasteiger partial charge in [0.2, 0.25) is 0 Å². The molecule has 2 aromatic carbocycles. The molecule has 27 heavy (non-hydrogen) atoms. The lowest BCUT2D eigenvalue weighted by Gasteiger charge is -2.22. The highest BCUT2D eigenvalue weighted by Gasteiger charge is 2.19. The Balaban J connectivity index is 1.86. The molecule has 0 radical (unpaired) electrons. The second-order valence-corrected chi connectivity index (χ2v) is 6.50. The molecule has 1 saturated heterocycles. The van der Waals surface area contributed by atoms with Crippen molar-refractivity contribution in [2.45, 2.75) is 19.4 Å². The van der Waals surface area contributed by atoms with Crippen molar-refractivity contribution < 1.29 is 19.1 Å². The van der Waals surface area contributed by atoms with E-state index in [1.165, 1.54) is 7.11 Å². The SMILES string of the molecule is COCc1ccc(C(=O)Nc2cc(C(=O)OC)ccc2N2CCCC2)cc1. The Morgan fingerprint density at radius 1 is 1.00 bits per heavy atom. The van der Waals surface area contributed by atoms with Gasteiger partial charge in [0.25, 0.3) is 5.91 Å². The Morgan fingerprint density at radius 2 is 1.67 bits per heavy atom. The van der Waals surface area contributed by atoms with Gasteiger partial charge in [0.1, 0.15) is 0 Å². The van der Waals surface area contributed by atoms with Gasteiger partial charge in [-0.05, 0) is 48.7 Å². The van der Waals surface area contributed by atoms with Gasteiger partial charge in [0.05, 0.1) is 30.7 Å². The fourth-order valence-corrected chi connectivity index (χ4v) is 3.23. The number of benzene rings is 2. The quantitative estimate of drug-likeness (QED) is 0.791. The molecule has 6 heteroatoms. The summed E-state index contributed by atoms with van der Waals surface area (Å²) in [4.78, 5) is 26.8. The Hall–Kier alpha value is -2.86. The van der Waals surface area contributed by atoms with Crippen LogP contribution in [0.2, 0.25) is 0 Å². The number of esters is 1. The van der Waals surface area contributed by atoms with Gasteiger partial charge >= 0.3 is 5.97 Å². The minimum absolute atomic E-state index is 0.221. The topological polar surface area (TPSA) is 67.9 Å². The van der Waals surface area contributed by atoms with Gasteiger partial charge in [0.15, 0.2) is 0 Å². The minimum atomic E-state index is -0.428. The predicted octanol–water partition coefficient (Wildman–Crippen LogP) is 3.47. The van der Waals surface area contributed by atoms with Crippen LogP contribution >= 0.6 is 0 Å². The first-order valence-corrected chi connectivity index (χ1v) is 8.99. The van der Waals surface area contributed by atoms with Gasteiger partial charge in [-0.2, -0.15) is 0 Å². The number of nitrogens with one attached hydrogen (secondary N) is 1. The van der Waals surface area contributed by atoms with Crippen LogP contribution in [0.4, 0.5) is 11.4 Å². The van der Waals surface area contributed by atoms with E-state index in [2.05, 4.69) is 10.2 Å². The number of hydrogen-bond acceptors (Lipinski definition) is 5. The van der Waals surface area contributed by atoms with Crippen LogP contribution in [0.15, 0.2) is 42.5 Å². The van der Waals surface area contributed by atoms with Crippen molar-refractivity contribution in [1.29, 1.82) is 0 Å². The molecule has 0 saturated carbocycles. The molecule has 3 rings (SSSR count). The first-order chi connectivity index (χ1) is 13.1. The van der Waals surface area contributed by atoms with E-state index in [9.17, 15) is 9.59 Å². The van der Waals surface area contributed by atoms with Gasteiger partial charge in [-0.25, -0.2) is 4.79 Å². The Labute approximate surface area is 159 Å². The number of ether oxygens (including phenoxy) is 2. The third-order valence-corrected chi connectivity index (χ3v) is 4.64. The zero-order valence-electron chi connectivity index (χ0n) is 15.7. The maximum Gasteiger partial charge on any atom is 0.337 e. The van der Waals surface area contributed by atoms with Gasteiger partial charge in [-0.3, -0.25) is 4.79 Å². The molecule has 1 aliphatic rings. The first-order valence-electron chi connectivity index (χ1n) is 8.99. The van der Waals surface area contributed by atoms with Crippen molar-refractivity contribution in [3.63, 3.8) is 0 Å². The van der Waals surface area contributed by atoms with E-state index in [1.54, 1.807) is 31.4 Å². The Bertz CT molecular complexity index is 811. The first kappa shape index (κ1) is 18.9. The zero-order chi connectivity index (χ0) is 19.2. The minimum Gasteiger partial charge on any atom is -0.465 e. The number of carbonyl (C=O) groups is 2. The van der Waals surface area contributed by atoms with Crippen LogP contribution < -0.4 is 10.2 Å². The molecule has 2 aromatic rings. The molecule has 1 amide bonds. The van der Waals surface area contributed by atoms with E-state index in [-0.39, 0.29) is 5.91 Å². The number of methoxy groups -OCH3 is 2. The molecule has 0 aliphatic carbocycles. The summed E-state index contributed by atoms with van der Waals surface area (Å²) in [6.07, 6.45) is 2.24. The summed E-state index contributed by atoms with van der Waals surface area (Å²) in [6, 6.07) is 12.5. The molecule has 0 atom stereocenters. The summed E-state index contributed by atoms with van der Waals surface area (Å²) in [5.74, 6) is -0.649. The van der Waals surface area contributed by atoms with Gasteiger partial charge in [0, 0.05) is 25.8 Å². The third-order valence-electron chi connectivity index (χ3n) is 4.64. The number of amides is 1. The van der Waals surface area contributed by atoms with Crippen molar-refractivity contribution in [2.75, 3.05) is 37.5 Å². The Morgan fingerprint density at radius 3 is 2.30 bits per heavy atom. The number of carbonyl (C=O) groups excluding carboxylic acids is 2. The lowest BCUT2D eigenvalue weighted by Crippen LogP contribution is -2.21. The molecule has 0 spiro atoms. The van der Waals surface area contributed by atoms with E-state index in [0.29, 0.717) is 23.4 Å². The second kappa shape index (κ2) is 8.68. The molecule has 1 heterocycles. The molecule has 6 nitrogen and oxygen atoms in total. The van der Waals surface area contributed by atoms with Crippen molar-refractivity contribution in [1.82, 2.24) is 0 Å². The maximum atomic E-state index is 12.7. The van der Waals surface area contributed by atoms with Crippen LogP contribution in [0, 0.1) is 0 Å². The fraction of sp³-hybridized carbons (Fsp3) is 0.333. The number of hydrogen-bond donors (Lipinski definition) is 1. The molecule has 1 fully saturated rings. The molecule has 0 unspecified atom stereocenters. The summed E-state index contributed by atoms with van der Waals surface area (Å²) in [5.41, 5.74) is 3.49. The lowest BCUT2D eigenvalue weighted by molar-refractivity contribution is 0.0600. The molecular weight excluding hydrogens is 344 g/mol. The normalized spacial score (nSPS) is 13.5. The van der Waals surface area contributed by atoms with Crippen LogP contribution in [0.3, 0.4) is 0 Å². The molecular formula is C21H24N2O4. The standard InChI is InChI=1S/C21H24N2O4/c1-26-14-15-5-7-16(8-6-15)20(24)22-18-13-17(21(25)27-2)9-10-19(18)23-11-3-4-12-23/h5-10,13H,3-4,11-12,14H2,1-2H3,(H,22,24). The highest BCUT2D eigenvalue weighted by Crippen LogP contribution is 2.30.